The Bertz CT molecular complexity index is 780. The number of halogens is 1. The Hall–Kier alpha value is -2.07. The summed E-state index contributed by atoms with van der Waals surface area (Å²) in [4.78, 5) is 8.81. The monoisotopic (exact) mass is 314 g/mol. The molecule has 2 heterocycles. The number of fused-ring (bicyclic) bond motifs is 1. The fourth-order valence-corrected chi connectivity index (χ4v) is 2.82. The lowest BCUT2D eigenvalue weighted by Gasteiger charge is -2.09. The smallest absolute Gasteiger partial charge is 0.153 e. The molecule has 3 aromatic rings. The first-order chi connectivity index (χ1) is 10.7. The summed E-state index contributed by atoms with van der Waals surface area (Å²) in [5, 5.41) is 0.404. The third-order valence-electron chi connectivity index (χ3n) is 3.75. The highest BCUT2D eigenvalue weighted by Gasteiger charge is 2.14. The SMILES string of the molecule is CCCCc1nc2c(N)nc(Cl)cc2n1Cc1ccccc1. The van der Waals surface area contributed by atoms with Gasteiger partial charge in [0.15, 0.2) is 5.82 Å². The lowest BCUT2D eigenvalue weighted by molar-refractivity contribution is 0.690. The number of hydrogen-bond acceptors (Lipinski definition) is 3. The van der Waals surface area contributed by atoms with Crippen LogP contribution in [0.5, 0.6) is 0 Å². The lowest BCUT2D eigenvalue weighted by Crippen LogP contribution is -2.05. The van der Waals surface area contributed by atoms with E-state index >= 15 is 0 Å². The maximum absolute atomic E-state index is 6.08. The van der Waals surface area contributed by atoms with Gasteiger partial charge in [-0.3, -0.25) is 0 Å². The van der Waals surface area contributed by atoms with Crippen LogP contribution in [-0.4, -0.2) is 14.5 Å². The van der Waals surface area contributed by atoms with Crippen molar-refractivity contribution in [2.45, 2.75) is 32.7 Å². The van der Waals surface area contributed by atoms with Crippen molar-refractivity contribution in [1.29, 1.82) is 0 Å². The van der Waals surface area contributed by atoms with Gasteiger partial charge < -0.3 is 10.3 Å². The van der Waals surface area contributed by atoms with E-state index in [1.165, 1.54) is 5.56 Å². The van der Waals surface area contributed by atoms with Crippen molar-refractivity contribution in [3.63, 3.8) is 0 Å². The zero-order valence-corrected chi connectivity index (χ0v) is 13.3. The van der Waals surface area contributed by atoms with Crippen molar-refractivity contribution in [2.24, 2.45) is 0 Å². The van der Waals surface area contributed by atoms with Crippen molar-refractivity contribution >= 4 is 28.5 Å². The standard InChI is InChI=1S/C17H19ClN4/c1-2-3-9-15-21-16-13(10-14(18)20-17(16)19)22(15)11-12-7-5-4-6-8-12/h4-8,10H,2-3,9,11H2,1H3,(H2,19,20). The van der Waals surface area contributed by atoms with Crippen LogP contribution in [0.25, 0.3) is 11.0 Å². The Balaban J connectivity index is 2.11. The van der Waals surface area contributed by atoms with Crippen molar-refractivity contribution < 1.29 is 0 Å². The van der Waals surface area contributed by atoms with Gasteiger partial charge in [0.05, 0.1) is 5.52 Å². The van der Waals surface area contributed by atoms with Gasteiger partial charge in [0, 0.05) is 19.0 Å². The number of nitrogens with zero attached hydrogens (tertiary/aromatic N) is 3. The van der Waals surface area contributed by atoms with Crippen LogP contribution in [0.1, 0.15) is 31.2 Å². The van der Waals surface area contributed by atoms with E-state index in [0.29, 0.717) is 11.0 Å². The predicted molar refractivity (Wildman–Crippen MR) is 91.1 cm³/mol. The number of nitrogens with two attached hydrogens (primary N) is 1. The molecule has 0 fully saturated rings. The number of aromatic nitrogens is 3. The summed E-state index contributed by atoms with van der Waals surface area (Å²) in [5.41, 5.74) is 8.91. The second kappa shape index (κ2) is 6.36. The van der Waals surface area contributed by atoms with Gasteiger partial charge in [0.25, 0.3) is 0 Å². The van der Waals surface area contributed by atoms with Gasteiger partial charge in [0.2, 0.25) is 0 Å². The van der Waals surface area contributed by atoms with E-state index in [2.05, 4.69) is 28.6 Å². The molecule has 2 N–H and O–H groups in total. The predicted octanol–water partition coefficient (Wildman–Crippen LogP) is 4.06. The molecule has 0 unspecified atom stereocenters. The highest BCUT2D eigenvalue weighted by atomic mass is 35.5. The molecule has 0 radical (unpaired) electrons. The van der Waals surface area contributed by atoms with Gasteiger partial charge in [-0.25, -0.2) is 9.97 Å². The molecule has 0 aliphatic rings. The number of aryl methyl sites for hydroxylation is 1. The number of imidazole rings is 1. The second-order valence-corrected chi connectivity index (χ2v) is 5.79. The molecule has 1 aromatic carbocycles. The van der Waals surface area contributed by atoms with Crippen LogP contribution in [0.3, 0.4) is 0 Å². The number of anilines is 1. The highest BCUT2D eigenvalue weighted by molar-refractivity contribution is 6.30. The molecule has 3 rings (SSSR count). The van der Waals surface area contributed by atoms with E-state index in [-0.39, 0.29) is 0 Å². The summed E-state index contributed by atoms with van der Waals surface area (Å²) in [6.45, 7) is 2.94. The van der Waals surface area contributed by atoms with E-state index in [1.807, 2.05) is 24.3 Å². The fraction of sp³-hybridized carbons (Fsp3) is 0.294. The van der Waals surface area contributed by atoms with Crippen molar-refractivity contribution in [3.8, 4) is 0 Å². The molecular weight excluding hydrogens is 296 g/mol. The van der Waals surface area contributed by atoms with Crippen LogP contribution in [0, 0.1) is 0 Å². The fourth-order valence-electron chi connectivity index (χ4n) is 2.63. The van der Waals surface area contributed by atoms with E-state index in [0.717, 1.165) is 42.7 Å². The van der Waals surface area contributed by atoms with Crippen molar-refractivity contribution in [2.75, 3.05) is 5.73 Å². The van der Waals surface area contributed by atoms with Gasteiger partial charge in [-0.15, -0.1) is 0 Å². The molecule has 0 aliphatic heterocycles. The summed E-state index contributed by atoms with van der Waals surface area (Å²) in [5.74, 6) is 1.43. The Morgan fingerprint density at radius 2 is 1.95 bits per heavy atom. The molecule has 0 spiro atoms. The summed E-state index contributed by atoms with van der Waals surface area (Å²) >= 11 is 6.08. The van der Waals surface area contributed by atoms with Crippen LogP contribution in [-0.2, 0) is 13.0 Å². The average Bonchev–Trinajstić information content (AvgIpc) is 2.85. The summed E-state index contributed by atoms with van der Waals surface area (Å²) in [6, 6.07) is 12.2. The second-order valence-electron chi connectivity index (χ2n) is 5.40. The molecule has 22 heavy (non-hydrogen) atoms. The summed E-state index contributed by atoms with van der Waals surface area (Å²) in [6.07, 6.45) is 3.15. The molecule has 0 atom stereocenters. The molecular formula is C17H19ClN4. The Kier molecular flexibility index (Phi) is 4.29. The van der Waals surface area contributed by atoms with Crippen LogP contribution < -0.4 is 5.73 Å². The van der Waals surface area contributed by atoms with Crippen LogP contribution in [0.15, 0.2) is 36.4 Å². The van der Waals surface area contributed by atoms with Gasteiger partial charge in [-0.1, -0.05) is 55.3 Å². The number of rotatable bonds is 5. The Morgan fingerprint density at radius 1 is 1.18 bits per heavy atom. The quantitative estimate of drug-likeness (QED) is 0.723. The minimum Gasteiger partial charge on any atom is -0.382 e. The number of unbranched alkanes of at least 4 members (excludes halogenated alkanes) is 1. The minimum absolute atomic E-state index is 0.395. The summed E-state index contributed by atoms with van der Waals surface area (Å²) < 4.78 is 2.20. The first kappa shape index (κ1) is 14.9. The van der Waals surface area contributed by atoms with Crippen LogP contribution in [0.2, 0.25) is 5.15 Å². The van der Waals surface area contributed by atoms with E-state index in [4.69, 9.17) is 22.3 Å². The van der Waals surface area contributed by atoms with E-state index < -0.39 is 0 Å². The third kappa shape index (κ3) is 2.92. The Labute approximate surface area is 134 Å². The maximum atomic E-state index is 6.08. The molecule has 0 bridgehead atoms. The molecule has 4 nitrogen and oxygen atoms in total. The minimum atomic E-state index is 0.395. The van der Waals surface area contributed by atoms with E-state index in [9.17, 15) is 0 Å². The average molecular weight is 315 g/mol. The van der Waals surface area contributed by atoms with E-state index in [1.54, 1.807) is 0 Å². The zero-order chi connectivity index (χ0) is 15.5. The van der Waals surface area contributed by atoms with Gasteiger partial charge in [-0.2, -0.15) is 0 Å². The van der Waals surface area contributed by atoms with Crippen molar-refractivity contribution in [3.05, 3.63) is 52.9 Å². The van der Waals surface area contributed by atoms with Gasteiger partial charge in [0.1, 0.15) is 16.5 Å². The molecule has 5 heteroatoms. The van der Waals surface area contributed by atoms with Crippen LogP contribution in [0.4, 0.5) is 5.82 Å². The third-order valence-corrected chi connectivity index (χ3v) is 3.94. The molecule has 0 aliphatic carbocycles. The topological polar surface area (TPSA) is 56.7 Å². The zero-order valence-electron chi connectivity index (χ0n) is 12.6. The molecule has 2 aromatic heterocycles. The Morgan fingerprint density at radius 3 is 2.68 bits per heavy atom. The largest absolute Gasteiger partial charge is 0.382 e. The van der Waals surface area contributed by atoms with Crippen molar-refractivity contribution in [1.82, 2.24) is 14.5 Å². The van der Waals surface area contributed by atoms with Gasteiger partial charge >= 0.3 is 0 Å². The summed E-state index contributed by atoms with van der Waals surface area (Å²) in [7, 11) is 0. The molecule has 0 saturated heterocycles. The lowest BCUT2D eigenvalue weighted by atomic mass is 10.2. The molecule has 0 amide bonds. The first-order valence-electron chi connectivity index (χ1n) is 7.54. The maximum Gasteiger partial charge on any atom is 0.153 e. The van der Waals surface area contributed by atoms with Gasteiger partial charge in [-0.05, 0) is 12.0 Å². The molecule has 114 valence electrons. The number of nitrogen functional groups attached to an aromatic ring is 1. The van der Waals surface area contributed by atoms with Crippen LogP contribution >= 0.6 is 11.6 Å². The highest BCUT2D eigenvalue weighted by Crippen LogP contribution is 2.25. The number of pyridine rings is 1. The normalized spacial score (nSPS) is 11.2. The number of hydrogen-bond donors (Lipinski definition) is 1. The number of benzene rings is 1. The molecule has 0 saturated carbocycles. The first-order valence-corrected chi connectivity index (χ1v) is 7.92.